The van der Waals surface area contributed by atoms with Crippen LogP contribution in [0.25, 0.3) is 0 Å². The van der Waals surface area contributed by atoms with E-state index in [2.05, 4.69) is 12.2 Å². The maximum atomic E-state index is 5.85. The van der Waals surface area contributed by atoms with Crippen LogP contribution in [0.2, 0.25) is 0 Å². The Morgan fingerprint density at radius 3 is 2.50 bits per heavy atom. The predicted molar refractivity (Wildman–Crippen MR) is 79.5 cm³/mol. The van der Waals surface area contributed by atoms with Crippen molar-refractivity contribution in [2.24, 2.45) is 5.92 Å². The van der Waals surface area contributed by atoms with Gasteiger partial charge in [-0.15, -0.1) is 0 Å². The van der Waals surface area contributed by atoms with Crippen molar-refractivity contribution in [1.82, 2.24) is 0 Å². The number of nitrogens with one attached hydrogen (secondary N) is 1. The summed E-state index contributed by atoms with van der Waals surface area (Å²) in [4.78, 5) is 0. The highest BCUT2D eigenvalue weighted by Gasteiger charge is 2.22. The number of benzene rings is 1. The molecule has 0 aliphatic heterocycles. The second kappa shape index (κ2) is 5.98. The zero-order chi connectivity index (χ0) is 13.0. The zero-order valence-corrected chi connectivity index (χ0v) is 11.3. The summed E-state index contributed by atoms with van der Waals surface area (Å²) in [5, 5.41) is 3.63. The molecule has 0 spiro atoms. The third kappa shape index (κ3) is 3.09. The third-order valence-corrected chi connectivity index (χ3v) is 4.10. The molecule has 3 nitrogen and oxygen atoms in total. The fourth-order valence-corrected chi connectivity index (χ4v) is 2.97. The number of nitrogen functional groups attached to an aromatic ring is 2. The van der Waals surface area contributed by atoms with Gasteiger partial charge in [0.2, 0.25) is 0 Å². The fourth-order valence-electron chi connectivity index (χ4n) is 2.97. The normalized spacial score (nSPS) is 18.5. The SMILES string of the molecule is CCC(Nc1ccc(N)c(N)c1)C1CCCCC1. The van der Waals surface area contributed by atoms with E-state index in [-0.39, 0.29) is 0 Å². The van der Waals surface area contributed by atoms with Gasteiger partial charge in [-0.1, -0.05) is 26.2 Å². The summed E-state index contributed by atoms with van der Waals surface area (Å²) in [5.74, 6) is 0.808. The first-order valence-electron chi connectivity index (χ1n) is 7.12. The summed E-state index contributed by atoms with van der Waals surface area (Å²) >= 11 is 0. The average molecular weight is 247 g/mol. The van der Waals surface area contributed by atoms with E-state index in [9.17, 15) is 0 Å². The first kappa shape index (κ1) is 13.1. The molecular formula is C15H25N3. The van der Waals surface area contributed by atoms with Crippen molar-refractivity contribution >= 4 is 17.1 Å². The number of nitrogens with two attached hydrogens (primary N) is 2. The van der Waals surface area contributed by atoms with Gasteiger partial charge in [0, 0.05) is 11.7 Å². The highest BCUT2D eigenvalue weighted by molar-refractivity contribution is 5.69. The van der Waals surface area contributed by atoms with Crippen LogP contribution >= 0.6 is 0 Å². The smallest absolute Gasteiger partial charge is 0.0568 e. The van der Waals surface area contributed by atoms with Gasteiger partial charge in [0.15, 0.2) is 0 Å². The molecule has 1 aromatic rings. The van der Waals surface area contributed by atoms with Crippen molar-refractivity contribution in [2.45, 2.75) is 51.5 Å². The van der Waals surface area contributed by atoms with E-state index in [1.54, 1.807) is 0 Å². The molecule has 0 bridgehead atoms. The Bertz CT molecular complexity index is 383. The van der Waals surface area contributed by atoms with Gasteiger partial charge in [-0.3, -0.25) is 0 Å². The molecule has 1 aromatic carbocycles. The van der Waals surface area contributed by atoms with Crippen LogP contribution in [-0.2, 0) is 0 Å². The van der Waals surface area contributed by atoms with Crippen LogP contribution in [0.3, 0.4) is 0 Å². The quantitative estimate of drug-likeness (QED) is 0.712. The Hall–Kier alpha value is -1.38. The van der Waals surface area contributed by atoms with Crippen molar-refractivity contribution in [2.75, 3.05) is 16.8 Å². The van der Waals surface area contributed by atoms with Crippen LogP contribution in [-0.4, -0.2) is 6.04 Å². The minimum Gasteiger partial charge on any atom is -0.397 e. The van der Waals surface area contributed by atoms with Crippen molar-refractivity contribution < 1.29 is 0 Å². The molecule has 100 valence electrons. The van der Waals surface area contributed by atoms with E-state index >= 15 is 0 Å². The summed E-state index contributed by atoms with van der Waals surface area (Å²) in [6.07, 6.45) is 8.04. The van der Waals surface area contributed by atoms with E-state index in [0.717, 1.165) is 18.0 Å². The molecule has 0 aromatic heterocycles. The Morgan fingerprint density at radius 1 is 1.17 bits per heavy atom. The number of rotatable bonds is 4. The van der Waals surface area contributed by atoms with Gasteiger partial charge in [-0.2, -0.15) is 0 Å². The van der Waals surface area contributed by atoms with Gasteiger partial charge in [0.05, 0.1) is 11.4 Å². The van der Waals surface area contributed by atoms with Crippen LogP contribution in [0.15, 0.2) is 18.2 Å². The molecule has 5 N–H and O–H groups in total. The lowest BCUT2D eigenvalue weighted by atomic mass is 9.83. The molecule has 0 saturated heterocycles. The highest BCUT2D eigenvalue weighted by Crippen LogP contribution is 2.30. The maximum Gasteiger partial charge on any atom is 0.0568 e. The van der Waals surface area contributed by atoms with E-state index in [4.69, 9.17) is 11.5 Å². The van der Waals surface area contributed by atoms with Crippen LogP contribution in [0, 0.1) is 5.92 Å². The minimum absolute atomic E-state index is 0.563. The molecule has 1 fully saturated rings. The molecule has 1 unspecified atom stereocenters. The monoisotopic (exact) mass is 247 g/mol. The average Bonchev–Trinajstić information content (AvgIpc) is 2.41. The molecule has 1 aliphatic rings. The van der Waals surface area contributed by atoms with Crippen molar-refractivity contribution in [1.29, 1.82) is 0 Å². The summed E-state index contributed by atoms with van der Waals surface area (Å²) in [6.45, 7) is 2.26. The molecule has 18 heavy (non-hydrogen) atoms. The van der Waals surface area contributed by atoms with Gasteiger partial charge >= 0.3 is 0 Å². The maximum absolute atomic E-state index is 5.85. The topological polar surface area (TPSA) is 64.1 Å². The zero-order valence-electron chi connectivity index (χ0n) is 11.3. The molecule has 1 atom stereocenters. The molecule has 1 saturated carbocycles. The van der Waals surface area contributed by atoms with Crippen molar-refractivity contribution in [3.8, 4) is 0 Å². The van der Waals surface area contributed by atoms with E-state index in [0.29, 0.717) is 17.4 Å². The number of hydrogen-bond acceptors (Lipinski definition) is 3. The first-order valence-corrected chi connectivity index (χ1v) is 7.12. The summed E-state index contributed by atoms with van der Waals surface area (Å²) in [7, 11) is 0. The Labute approximate surface area is 110 Å². The lowest BCUT2D eigenvalue weighted by Crippen LogP contribution is -2.30. The molecule has 1 aliphatic carbocycles. The predicted octanol–water partition coefficient (Wildman–Crippen LogP) is 3.62. The van der Waals surface area contributed by atoms with E-state index in [1.165, 1.54) is 32.1 Å². The van der Waals surface area contributed by atoms with Crippen LogP contribution < -0.4 is 16.8 Å². The van der Waals surface area contributed by atoms with Crippen LogP contribution in [0.1, 0.15) is 45.4 Å². The second-order valence-corrected chi connectivity index (χ2v) is 5.40. The third-order valence-electron chi connectivity index (χ3n) is 4.10. The summed E-state index contributed by atoms with van der Waals surface area (Å²) < 4.78 is 0. The van der Waals surface area contributed by atoms with E-state index in [1.807, 2.05) is 18.2 Å². The minimum atomic E-state index is 0.563. The lowest BCUT2D eigenvalue weighted by molar-refractivity contribution is 0.313. The van der Waals surface area contributed by atoms with Crippen LogP contribution in [0.5, 0.6) is 0 Å². The molecule has 0 amide bonds. The Kier molecular flexibility index (Phi) is 4.34. The van der Waals surface area contributed by atoms with Crippen LogP contribution in [0.4, 0.5) is 17.1 Å². The first-order chi connectivity index (χ1) is 8.70. The van der Waals surface area contributed by atoms with Crippen molar-refractivity contribution in [3.05, 3.63) is 18.2 Å². The molecule has 3 heteroatoms. The highest BCUT2D eigenvalue weighted by atomic mass is 14.9. The standard InChI is InChI=1S/C15H25N3/c1-2-15(11-6-4-3-5-7-11)18-12-8-9-13(16)14(17)10-12/h8-11,15,18H,2-7,16-17H2,1H3. The second-order valence-electron chi connectivity index (χ2n) is 5.40. The molecule has 2 rings (SSSR count). The number of anilines is 3. The van der Waals surface area contributed by atoms with Gasteiger partial charge < -0.3 is 16.8 Å². The molecule has 0 heterocycles. The van der Waals surface area contributed by atoms with Gasteiger partial charge in [-0.05, 0) is 43.4 Å². The van der Waals surface area contributed by atoms with Crippen molar-refractivity contribution in [3.63, 3.8) is 0 Å². The molecular weight excluding hydrogens is 222 g/mol. The Balaban J connectivity index is 2.02. The lowest BCUT2D eigenvalue weighted by Gasteiger charge is -2.31. The molecule has 0 radical (unpaired) electrons. The largest absolute Gasteiger partial charge is 0.397 e. The number of hydrogen-bond donors (Lipinski definition) is 3. The van der Waals surface area contributed by atoms with Gasteiger partial charge in [0.25, 0.3) is 0 Å². The fraction of sp³-hybridized carbons (Fsp3) is 0.600. The van der Waals surface area contributed by atoms with Gasteiger partial charge in [-0.25, -0.2) is 0 Å². The Morgan fingerprint density at radius 2 is 1.89 bits per heavy atom. The van der Waals surface area contributed by atoms with E-state index < -0.39 is 0 Å². The summed E-state index contributed by atoms with van der Waals surface area (Å²) in [6, 6.07) is 6.41. The summed E-state index contributed by atoms with van der Waals surface area (Å²) in [5.41, 5.74) is 14.0. The van der Waals surface area contributed by atoms with Gasteiger partial charge in [0.1, 0.15) is 0 Å².